The number of carboxylic acids is 1. The Labute approximate surface area is 105 Å². The van der Waals surface area contributed by atoms with Crippen molar-refractivity contribution < 1.29 is 9.90 Å². The Morgan fingerprint density at radius 1 is 1.56 bits per heavy atom. The van der Waals surface area contributed by atoms with Crippen molar-refractivity contribution in [2.45, 2.75) is 0 Å². The summed E-state index contributed by atoms with van der Waals surface area (Å²) in [7, 11) is 0. The number of carbonyl (C=O) groups is 1. The second-order valence-electron chi connectivity index (χ2n) is 3.03. The van der Waals surface area contributed by atoms with Gasteiger partial charge in [-0.3, -0.25) is 4.57 Å². The third-order valence-corrected chi connectivity index (χ3v) is 2.70. The van der Waals surface area contributed by atoms with Crippen LogP contribution in [0.2, 0.25) is 5.02 Å². The molecule has 0 aliphatic rings. The van der Waals surface area contributed by atoms with Gasteiger partial charge in [-0.2, -0.15) is 0 Å². The first-order valence-corrected chi connectivity index (χ1v) is 5.49. The molecule has 0 aliphatic heterocycles. The van der Waals surface area contributed by atoms with Crippen molar-refractivity contribution in [1.29, 1.82) is 0 Å². The van der Waals surface area contributed by atoms with Crippen molar-refractivity contribution in [2.75, 3.05) is 0 Å². The molecule has 6 heteroatoms. The molecule has 0 saturated carbocycles. The van der Waals surface area contributed by atoms with Crippen molar-refractivity contribution in [3.63, 3.8) is 0 Å². The number of rotatable bonds is 2. The first-order valence-electron chi connectivity index (χ1n) is 4.31. The van der Waals surface area contributed by atoms with Gasteiger partial charge in [-0.1, -0.05) is 11.6 Å². The normalized spacial score (nSPS) is 10.4. The van der Waals surface area contributed by atoms with Crippen LogP contribution >= 0.6 is 27.5 Å². The summed E-state index contributed by atoms with van der Waals surface area (Å²) in [5.41, 5.74) is 0.104. The highest BCUT2D eigenvalue weighted by molar-refractivity contribution is 9.10. The Morgan fingerprint density at radius 2 is 2.31 bits per heavy atom. The van der Waals surface area contributed by atoms with Crippen LogP contribution in [0.25, 0.3) is 5.82 Å². The maximum absolute atomic E-state index is 11.0. The minimum atomic E-state index is -1.03. The lowest BCUT2D eigenvalue weighted by molar-refractivity contribution is 0.0688. The Kier molecular flexibility index (Phi) is 2.98. The van der Waals surface area contributed by atoms with E-state index in [9.17, 15) is 4.79 Å². The number of halogens is 2. The Hall–Kier alpha value is -1.33. The highest BCUT2D eigenvalue weighted by atomic mass is 79.9. The van der Waals surface area contributed by atoms with Crippen LogP contribution in [0.3, 0.4) is 0 Å². The van der Waals surface area contributed by atoms with Crippen LogP contribution in [-0.2, 0) is 0 Å². The zero-order valence-electron chi connectivity index (χ0n) is 7.89. The number of aromatic carboxylic acids is 1. The zero-order chi connectivity index (χ0) is 11.7. The lowest BCUT2D eigenvalue weighted by Gasteiger charge is -2.06. The number of hydrogen-bond donors (Lipinski definition) is 1. The molecule has 16 heavy (non-hydrogen) atoms. The summed E-state index contributed by atoms with van der Waals surface area (Å²) in [6.07, 6.45) is 3.17. The third kappa shape index (κ3) is 1.96. The summed E-state index contributed by atoms with van der Waals surface area (Å²) in [4.78, 5) is 15.1. The lowest BCUT2D eigenvalue weighted by Crippen LogP contribution is -2.07. The molecule has 2 heterocycles. The molecule has 0 radical (unpaired) electrons. The fourth-order valence-corrected chi connectivity index (χ4v) is 1.96. The van der Waals surface area contributed by atoms with Gasteiger partial charge in [0.1, 0.15) is 5.69 Å². The predicted molar refractivity (Wildman–Crippen MR) is 63.2 cm³/mol. The van der Waals surface area contributed by atoms with Crippen LogP contribution in [0.4, 0.5) is 0 Å². The molecule has 0 saturated heterocycles. The summed E-state index contributed by atoms with van der Waals surface area (Å²) in [6, 6.07) is 4.83. The molecular weight excluding hydrogens is 295 g/mol. The van der Waals surface area contributed by atoms with Gasteiger partial charge in [-0.05, 0) is 34.1 Å². The summed E-state index contributed by atoms with van der Waals surface area (Å²) in [5.74, 6) is -0.639. The minimum absolute atomic E-state index is 0.104. The molecule has 0 aliphatic carbocycles. The highest BCUT2D eigenvalue weighted by Crippen LogP contribution is 2.23. The molecule has 0 fully saturated rings. The molecule has 0 atom stereocenters. The van der Waals surface area contributed by atoms with E-state index in [0.29, 0.717) is 15.3 Å². The van der Waals surface area contributed by atoms with Crippen molar-refractivity contribution in [3.05, 3.63) is 45.8 Å². The maximum Gasteiger partial charge on any atom is 0.352 e. The first-order chi connectivity index (χ1) is 7.59. The molecule has 2 aromatic rings. The van der Waals surface area contributed by atoms with Crippen molar-refractivity contribution in [2.24, 2.45) is 0 Å². The summed E-state index contributed by atoms with van der Waals surface area (Å²) in [5, 5.41) is 9.42. The Morgan fingerprint density at radius 3 is 2.94 bits per heavy atom. The van der Waals surface area contributed by atoms with Gasteiger partial charge in [0.25, 0.3) is 0 Å². The predicted octanol–water partition coefficient (Wildman–Crippen LogP) is 2.99. The standard InChI is InChI=1S/C10H6BrClN2O2/c11-6-4-8(10(15)16)14(5-6)9-7(12)2-1-3-13-9/h1-5H,(H,15,16). The highest BCUT2D eigenvalue weighted by Gasteiger charge is 2.15. The third-order valence-electron chi connectivity index (χ3n) is 1.97. The van der Waals surface area contributed by atoms with E-state index >= 15 is 0 Å². The topological polar surface area (TPSA) is 55.1 Å². The Bertz CT molecular complexity index is 554. The second-order valence-corrected chi connectivity index (χ2v) is 4.35. The van der Waals surface area contributed by atoms with Gasteiger partial charge in [0.15, 0.2) is 5.82 Å². The number of pyridine rings is 1. The molecule has 0 amide bonds. The molecule has 1 N–H and O–H groups in total. The molecular formula is C10H6BrClN2O2. The summed E-state index contributed by atoms with van der Waals surface area (Å²) < 4.78 is 2.08. The average molecular weight is 302 g/mol. The largest absolute Gasteiger partial charge is 0.477 e. The molecule has 82 valence electrons. The molecule has 0 bridgehead atoms. The maximum atomic E-state index is 11.0. The van der Waals surface area contributed by atoms with Gasteiger partial charge < -0.3 is 5.11 Å². The van der Waals surface area contributed by atoms with E-state index in [1.165, 1.54) is 10.6 Å². The number of nitrogens with zero attached hydrogens (tertiary/aromatic N) is 2. The van der Waals surface area contributed by atoms with E-state index in [1.807, 2.05) is 0 Å². The van der Waals surface area contributed by atoms with Gasteiger partial charge in [0.2, 0.25) is 0 Å². The fourth-order valence-electron chi connectivity index (χ4n) is 1.32. The smallest absolute Gasteiger partial charge is 0.352 e. The van der Waals surface area contributed by atoms with Gasteiger partial charge in [0, 0.05) is 16.9 Å². The second kappa shape index (κ2) is 4.27. The average Bonchev–Trinajstić information content (AvgIpc) is 2.61. The molecule has 2 aromatic heterocycles. The van der Waals surface area contributed by atoms with Gasteiger partial charge in [-0.15, -0.1) is 0 Å². The lowest BCUT2D eigenvalue weighted by atomic mass is 10.4. The molecule has 0 unspecified atom stereocenters. The number of hydrogen-bond acceptors (Lipinski definition) is 2. The Balaban J connectivity index is 2.64. The number of aromatic nitrogens is 2. The van der Waals surface area contributed by atoms with Crippen LogP contribution in [0, 0.1) is 0 Å². The number of carboxylic acid groups (broad SMARTS) is 1. The van der Waals surface area contributed by atoms with Crippen molar-refractivity contribution >= 4 is 33.5 Å². The van der Waals surface area contributed by atoms with E-state index in [2.05, 4.69) is 20.9 Å². The van der Waals surface area contributed by atoms with E-state index in [0.717, 1.165) is 0 Å². The zero-order valence-corrected chi connectivity index (χ0v) is 10.2. The quantitative estimate of drug-likeness (QED) is 0.927. The first kappa shape index (κ1) is 11.2. The van der Waals surface area contributed by atoms with E-state index in [1.54, 1.807) is 24.5 Å². The van der Waals surface area contributed by atoms with Crippen LogP contribution in [0.1, 0.15) is 10.5 Å². The van der Waals surface area contributed by atoms with E-state index < -0.39 is 5.97 Å². The molecule has 0 aromatic carbocycles. The van der Waals surface area contributed by atoms with Crippen LogP contribution in [-0.4, -0.2) is 20.6 Å². The van der Waals surface area contributed by atoms with Crippen LogP contribution in [0.15, 0.2) is 35.1 Å². The fraction of sp³-hybridized carbons (Fsp3) is 0. The van der Waals surface area contributed by atoms with Crippen LogP contribution < -0.4 is 0 Å². The SMILES string of the molecule is O=C(O)c1cc(Br)cn1-c1ncccc1Cl. The van der Waals surface area contributed by atoms with Crippen molar-refractivity contribution in [1.82, 2.24) is 9.55 Å². The minimum Gasteiger partial charge on any atom is -0.477 e. The van der Waals surface area contributed by atoms with Crippen molar-refractivity contribution in [3.8, 4) is 5.82 Å². The van der Waals surface area contributed by atoms with Gasteiger partial charge >= 0.3 is 5.97 Å². The molecule has 0 spiro atoms. The van der Waals surface area contributed by atoms with E-state index in [4.69, 9.17) is 16.7 Å². The van der Waals surface area contributed by atoms with Gasteiger partial charge in [0.05, 0.1) is 5.02 Å². The monoisotopic (exact) mass is 300 g/mol. The summed E-state index contributed by atoms with van der Waals surface area (Å²) in [6.45, 7) is 0. The molecule has 2 rings (SSSR count). The van der Waals surface area contributed by atoms with Gasteiger partial charge in [-0.25, -0.2) is 9.78 Å². The van der Waals surface area contributed by atoms with Crippen LogP contribution in [0.5, 0.6) is 0 Å². The summed E-state index contributed by atoms with van der Waals surface area (Å²) >= 11 is 9.17. The van der Waals surface area contributed by atoms with E-state index in [-0.39, 0.29) is 5.69 Å². The molecule has 4 nitrogen and oxygen atoms in total.